The maximum absolute atomic E-state index is 9.91. The Kier molecular flexibility index (Phi) is 3.11. The van der Waals surface area contributed by atoms with Crippen molar-refractivity contribution in [2.45, 2.75) is 18.9 Å². The predicted octanol–water partition coefficient (Wildman–Crippen LogP) is 1.11. The van der Waals surface area contributed by atoms with E-state index in [0.29, 0.717) is 5.92 Å². The summed E-state index contributed by atoms with van der Waals surface area (Å²) in [5.41, 5.74) is 0.930. The molecule has 2 rings (SSSR count). The molecule has 1 fully saturated rings. The average Bonchev–Trinajstić information content (AvgIpc) is 2.72. The third kappa shape index (κ3) is 2.30. The number of nitrogens with zero attached hydrogens (tertiary/aromatic N) is 1. The van der Waals surface area contributed by atoms with Gasteiger partial charge in [-0.3, -0.25) is 4.98 Å². The van der Waals surface area contributed by atoms with Gasteiger partial charge >= 0.3 is 0 Å². The summed E-state index contributed by atoms with van der Waals surface area (Å²) in [5.74, 6) is 0.616. The molecule has 2 heterocycles. The first-order valence-electron chi connectivity index (χ1n) is 5.15. The highest BCUT2D eigenvalue weighted by Gasteiger charge is 2.19. The smallest absolute Gasteiger partial charge is 0.0808 e. The quantitative estimate of drug-likeness (QED) is 0.754. The van der Waals surface area contributed by atoms with Gasteiger partial charge < -0.3 is 10.4 Å². The lowest BCUT2D eigenvalue weighted by Crippen LogP contribution is -2.12. The molecular weight excluding hydrogens is 176 g/mol. The Bertz CT molecular complexity index is 270. The van der Waals surface area contributed by atoms with Crippen molar-refractivity contribution in [3.8, 4) is 0 Å². The van der Waals surface area contributed by atoms with Crippen LogP contribution in [0, 0.1) is 5.92 Å². The van der Waals surface area contributed by atoms with Gasteiger partial charge in [0.25, 0.3) is 0 Å². The van der Waals surface area contributed by atoms with Crippen LogP contribution in [-0.2, 0) is 0 Å². The number of aromatic nitrogens is 1. The maximum atomic E-state index is 9.91. The van der Waals surface area contributed by atoms with Gasteiger partial charge in [0, 0.05) is 12.4 Å². The molecule has 1 aromatic rings. The lowest BCUT2D eigenvalue weighted by molar-refractivity contribution is 0.147. The minimum absolute atomic E-state index is 0.353. The van der Waals surface area contributed by atoms with E-state index in [0.717, 1.165) is 25.1 Å². The van der Waals surface area contributed by atoms with Crippen molar-refractivity contribution in [1.82, 2.24) is 10.3 Å². The van der Waals surface area contributed by atoms with Crippen LogP contribution in [0.1, 0.15) is 24.5 Å². The molecule has 0 aromatic carbocycles. The molecule has 1 aliphatic rings. The molecule has 1 aliphatic heterocycles. The fraction of sp³-hybridized carbons (Fsp3) is 0.545. The molecule has 2 N–H and O–H groups in total. The van der Waals surface area contributed by atoms with Gasteiger partial charge in [-0.05, 0) is 43.5 Å². The summed E-state index contributed by atoms with van der Waals surface area (Å²) in [6, 6.07) is 3.80. The number of pyridine rings is 1. The minimum atomic E-state index is -0.353. The Morgan fingerprint density at radius 2 is 2.57 bits per heavy atom. The monoisotopic (exact) mass is 192 g/mol. The van der Waals surface area contributed by atoms with Crippen LogP contribution >= 0.6 is 0 Å². The fourth-order valence-corrected chi connectivity index (χ4v) is 1.94. The Hall–Kier alpha value is -0.930. The number of nitrogens with one attached hydrogen (secondary N) is 1. The second-order valence-corrected chi connectivity index (χ2v) is 3.90. The van der Waals surface area contributed by atoms with Crippen LogP contribution in [0.25, 0.3) is 0 Å². The zero-order valence-electron chi connectivity index (χ0n) is 8.19. The van der Waals surface area contributed by atoms with E-state index in [2.05, 4.69) is 10.3 Å². The molecule has 0 bridgehead atoms. The third-order valence-electron chi connectivity index (χ3n) is 2.79. The second-order valence-electron chi connectivity index (χ2n) is 3.90. The molecule has 0 saturated carbocycles. The highest BCUT2D eigenvalue weighted by Crippen LogP contribution is 2.23. The number of aliphatic hydroxyl groups is 1. The largest absolute Gasteiger partial charge is 0.388 e. The zero-order valence-corrected chi connectivity index (χ0v) is 8.19. The van der Waals surface area contributed by atoms with Crippen molar-refractivity contribution < 1.29 is 5.11 Å². The van der Waals surface area contributed by atoms with Gasteiger partial charge in [0.2, 0.25) is 0 Å². The summed E-state index contributed by atoms with van der Waals surface area (Å²) in [5, 5.41) is 13.2. The van der Waals surface area contributed by atoms with Crippen LogP contribution in [0.2, 0.25) is 0 Å². The molecule has 2 atom stereocenters. The predicted molar refractivity (Wildman–Crippen MR) is 54.8 cm³/mol. The Labute approximate surface area is 84.2 Å². The molecule has 0 aliphatic carbocycles. The maximum Gasteiger partial charge on any atom is 0.0808 e. The standard InChI is InChI=1S/C11H16N2O/c14-11(6-9-3-5-13-7-9)10-2-1-4-12-8-10/h1-2,4,8-9,11,13-14H,3,5-7H2. The van der Waals surface area contributed by atoms with Crippen LogP contribution in [0.3, 0.4) is 0 Å². The van der Waals surface area contributed by atoms with Crippen molar-refractivity contribution in [1.29, 1.82) is 0 Å². The van der Waals surface area contributed by atoms with E-state index < -0.39 is 0 Å². The van der Waals surface area contributed by atoms with Crippen LogP contribution in [0.15, 0.2) is 24.5 Å². The summed E-state index contributed by atoms with van der Waals surface area (Å²) < 4.78 is 0. The Morgan fingerprint density at radius 3 is 3.21 bits per heavy atom. The summed E-state index contributed by atoms with van der Waals surface area (Å²) >= 11 is 0. The molecular formula is C11H16N2O. The molecule has 14 heavy (non-hydrogen) atoms. The van der Waals surface area contributed by atoms with E-state index in [9.17, 15) is 5.11 Å². The molecule has 1 saturated heterocycles. The summed E-state index contributed by atoms with van der Waals surface area (Å²) in [7, 11) is 0. The highest BCUT2D eigenvalue weighted by atomic mass is 16.3. The first-order chi connectivity index (χ1) is 6.86. The number of rotatable bonds is 3. The summed E-state index contributed by atoms with van der Waals surface area (Å²) in [4.78, 5) is 4.00. The molecule has 3 nitrogen and oxygen atoms in total. The molecule has 0 radical (unpaired) electrons. The van der Waals surface area contributed by atoms with Gasteiger partial charge in [-0.25, -0.2) is 0 Å². The average molecular weight is 192 g/mol. The van der Waals surface area contributed by atoms with Gasteiger partial charge in [-0.1, -0.05) is 6.07 Å². The molecule has 1 aromatic heterocycles. The normalized spacial score (nSPS) is 23.6. The molecule has 2 unspecified atom stereocenters. The molecule has 76 valence electrons. The van der Waals surface area contributed by atoms with Crippen molar-refractivity contribution in [3.63, 3.8) is 0 Å². The zero-order chi connectivity index (χ0) is 9.80. The fourth-order valence-electron chi connectivity index (χ4n) is 1.94. The van der Waals surface area contributed by atoms with E-state index in [4.69, 9.17) is 0 Å². The van der Waals surface area contributed by atoms with Crippen LogP contribution in [0.4, 0.5) is 0 Å². The van der Waals surface area contributed by atoms with Crippen molar-refractivity contribution in [2.24, 2.45) is 5.92 Å². The highest BCUT2D eigenvalue weighted by molar-refractivity contribution is 5.11. The van der Waals surface area contributed by atoms with Crippen LogP contribution < -0.4 is 5.32 Å². The second kappa shape index (κ2) is 4.53. The van der Waals surface area contributed by atoms with Gasteiger partial charge in [-0.2, -0.15) is 0 Å². The lowest BCUT2D eigenvalue weighted by atomic mass is 9.97. The SMILES string of the molecule is OC(CC1CCNC1)c1cccnc1. The third-order valence-corrected chi connectivity index (χ3v) is 2.79. The number of hydrogen-bond acceptors (Lipinski definition) is 3. The van der Waals surface area contributed by atoms with Crippen molar-refractivity contribution in [3.05, 3.63) is 30.1 Å². The minimum Gasteiger partial charge on any atom is -0.388 e. The van der Waals surface area contributed by atoms with E-state index in [-0.39, 0.29) is 6.10 Å². The number of hydrogen-bond donors (Lipinski definition) is 2. The van der Waals surface area contributed by atoms with E-state index in [1.807, 2.05) is 12.1 Å². The Balaban J connectivity index is 1.92. The number of aliphatic hydroxyl groups excluding tert-OH is 1. The van der Waals surface area contributed by atoms with E-state index in [1.165, 1.54) is 6.42 Å². The van der Waals surface area contributed by atoms with Gasteiger partial charge in [0.1, 0.15) is 0 Å². The van der Waals surface area contributed by atoms with Crippen LogP contribution in [-0.4, -0.2) is 23.2 Å². The molecule has 0 spiro atoms. The van der Waals surface area contributed by atoms with Crippen molar-refractivity contribution in [2.75, 3.05) is 13.1 Å². The Morgan fingerprint density at radius 1 is 1.64 bits per heavy atom. The molecule has 0 amide bonds. The first-order valence-corrected chi connectivity index (χ1v) is 5.15. The topological polar surface area (TPSA) is 45.1 Å². The van der Waals surface area contributed by atoms with Crippen LogP contribution in [0.5, 0.6) is 0 Å². The molecule has 3 heteroatoms. The lowest BCUT2D eigenvalue weighted by Gasteiger charge is -2.14. The van der Waals surface area contributed by atoms with Gasteiger partial charge in [0.05, 0.1) is 6.10 Å². The summed E-state index contributed by atoms with van der Waals surface area (Å²) in [6.45, 7) is 2.13. The van der Waals surface area contributed by atoms with E-state index >= 15 is 0 Å². The van der Waals surface area contributed by atoms with Gasteiger partial charge in [0.15, 0.2) is 0 Å². The summed E-state index contributed by atoms with van der Waals surface area (Å²) in [6.07, 6.45) is 5.14. The van der Waals surface area contributed by atoms with Gasteiger partial charge in [-0.15, -0.1) is 0 Å². The van der Waals surface area contributed by atoms with Crippen molar-refractivity contribution >= 4 is 0 Å². The first kappa shape index (κ1) is 9.62. The van der Waals surface area contributed by atoms with E-state index in [1.54, 1.807) is 12.4 Å².